The predicted octanol–water partition coefficient (Wildman–Crippen LogP) is -0.897. The second-order valence-electron chi connectivity index (χ2n) is 2.67. The highest BCUT2D eigenvalue weighted by molar-refractivity contribution is 5.86. The number of ether oxygens (including phenoxy) is 1. The number of nitrogens with zero attached hydrogens (tertiary/aromatic N) is 1. The molecule has 0 aromatic carbocycles. The molecule has 0 bridgehead atoms. The summed E-state index contributed by atoms with van der Waals surface area (Å²) in [6, 6.07) is 0. The maximum Gasteiger partial charge on any atom is 0.245 e. The number of morpholine rings is 1. The standard InChI is InChI=1S/C8H12N2O3/c1-2-7(12)9-8-5-10(6-11)3-4-13-8/h2,6,8H,1,3-5H2,(H,9,12). The normalized spacial score (nSPS) is 22.2. The van der Waals surface area contributed by atoms with Crippen molar-refractivity contribution in [2.45, 2.75) is 6.23 Å². The van der Waals surface area contributed by atoms with Crippen molar-refractivity contribution in [2.24, 2.45) is 0 Å². The Morgan fingerprint density at radius 1 is 1.69 bits per heavy atom. The fourth-order valence-corrected chi connectivity index (χ4v) is 1.07. The van der Waals surface area contributed by atoms with E-state index < -0.39 is 6.23 Å². The molecule has 0 aromatic rings. The maximum absolute atomic E-state index is 10.9. The molecule has 1 fully saturated rings. The summed E-state index contributed by atoms with van der Waals surface area (Å²) < 4.78 is 5.20. The minimum Gasteiger partial charge on any atom is -0.355 e. The summed E-state index contributed by atoms with van der Waals surface area (Å²) in [5.41, 5.74) is 0. The first-order valence-electron chi connectivity index (χ1n) is 4.00. The van der Waals surface area contributed by atoms with Gasteiger partial charge in [0.15, 0.2) is 0 Å². The molecule has 0 saturated carbocycles. The van der Waals surface area contributed by atoms with Crippen LogP contribution in [0.1, 0.15) is 0 Å². The van der Waals surface area contributed by atoms with Crippen molar-refractivity contribution in [1.29, 1.82) is 0 Å². The van der Waals surface area contributed by atoms with Crippen molar-refractivity contribution in [3.05, 3.63) is 12.7 Å². The molecule has 1 rings (SSSR count). The van der Waals surface area contributed by atoms with E-state index in [4.69, 9.17) is 4.74 Å². The van der Waals surface area contributed by atoms with Gasteiger partial charge in [-0.3, -0.25) is 9.59 Å². The zero-order chi connectivity index (χ0) is 9.68. The van der Waals surface area contributed by atoms with Crippen molar-refractivity contribution in [3.8, 4) is 0 Å². The van der Waals surface area contributed by atoms with E-state index >= 15 is 0 Å². The topological polar surface area (TPSA) is 58.6 Å². The highest BCUT2D eigenvalue weighted by Crippen LogP contribution is 1.99. The van der Waals surface area contributed by atoms with E-state index in [1.807, 2.05) is 0 Å². The monoisotopic (exact) mass is 184 g/mol. The van der Waals surface area contributed by atoms with E-state index in [1.54, 1.807) is 4.90 Å². The van der Waals surface area contributed by atoms with Crippen LogP contribution >= 0.6 is 0 Å². The summed E-state index contributed by atoms with van der Waals surface area (Å²) >= 11 is 0. The number of nitrogens with one attached hydrogen (secondary N) is 1. The van der Waals surface area contributed by atoms with E-state index in [9.17, 15) is 9.59 Å². The average molecular weight is 184 g/mol. The fraction of sp³-hybridized carbons (Fsp3) is 0.500. The molecule has 2 amide bonds. The smallest absolute Gasteiger partial charge is 0.245 e. The van der Waals surface area contributed by atoms with E-state index in [1.165, 1.54) is 6.08 Å². The van der Waals surface area contributed by atoms with E-state index in [0.29, 0.717) is 19.7 Å². The third-order valence-electron chi connectivity index (χ3n) is 1.74. The Labute approximate surface area is 76.3 Å². The third kappa shape index (κ3) is 2.87. The van der Waals surface area contributed by atoms with Gasteiger partial charge in [0, 0.05) is 6.54 Å². The Hall–Kier alpha value is -1.36. The van der Waals surface area contributed by atoms with Crippen molar-refractivity contribution in [3.63, 3.8) is 0 Å². The number of carbonyl (C=O) groups excluding carboxylic acids is 2. The summed E-state index contributed by atoms with van der Waals surface area (Å²) in [5, 5.41) is 2.55. The summed E-state index contributed by atoms with van der Waals surface area (Å²) in [6.45, 7) is 4.73. The summed E-state index contributed by atoms with van der Waals surface area (Å²) in [7, 11) is 0. The lowest BCUT2D eigenvalue weighted by atomic mass is 10.4. The largest absolute Gasteiger partial charge is 0.355 e. The highest BCUT2D eigenvalue weighted by Gasteiger charge is 2.19. The number of amides is 2. The van der Waals surface area contributed by atoms with Crippen LogP contribution in [0.3, 0.4) is 0 Å². The summed E-state index contributed by atoms with van der Waals surface area (Å²) in [6.07, 6.45) is 1.50. The molecule has 5 nitrogen and oxygen atoms in total. The molecule has 1 heterocycles. The van der Waals surface area contributed by atoms with Crippen molar-refractivity contribution in [1.82, 2.24) is 10.2 Å². The van der Waals surface area contributed by atoms with Gasteiger partial charge in [-0.15, -0.1) is 0 Å². The lowest BCUT2D eigenvalue weighted by molar-refractivity contribution is -0.132. The summed E-state index contributed by atoms with van der Waals surface area (Å²) in [4.78, 5) is 22.8. The van der Waals surface area contributed by atoms with Crippen LogP contribution in [-0.4, -0.2) is 43.1 Å². The molecular weight excluding hydrogens is 172 g/mol. The van der Waals surface area contributed by atoms with Crippen molar-refractivity contribution < 1.29 is 14.3 Å². The Kier molecular flexibility index (Phi) is 3.45. The first-order valence-corrected chi connectivity index (χ1v) is 4.00. The predicted molar refractivity (Wildman–Crippen MR) is 45.7 cm³/mol. The van der Waals surface area contributed by atoms with Gasteiger partial charge >= 0.3 is 0 Å². The van der Waals surface area contributed by atoms with Crippen LogP contribution in [0.2, 0.25) is 0 Å². The Morgan fingerprint density at radius 3 is 3.08 bits per heavy atom. The van der Waals surface area contributed by atoms with Gasteiger partial charge in [0.25, 0.3) is 0 Å². The molecule has 0 spiro atoms. The lowest BCUT2D eigenvalue weighted by Crippen LogP contribution is -2.50. The Balaban J connectivity index is 2.37. The zero-order valence-corrected chi connectivity index (χ0v) is 7.23. The zero-order valence-electron chi connectivity index (χ0n) is 7.23. The molecule has 1 N–H and O–H groups in total. The van der Waals surface area contributed by atoms with Crippen LogP contribution in [0.25, 0.3) is 0 Å². The van der Waals surface area contributed by atoms with E-state index in [2.05, 4.69) is 11.9 Å². The van der Waals surface area contributed by atoms with Gasteiger partial charge < -0.3 is 15.0 Å². The molecular formula is C8H12N2O3. The minimum absolute atomic E-state index is 0.294. The first-order chi connectivity index (χ1) is 6.26. The van der Waals surface area contributed by atoms with Crippen LogP contribution in [0.15, 0.2) is 12.7 Å². The molecule has 0 aromatic heterocycles. The average Bonchev–Trinajstić information content (AvgIpc) is 2.18. The molecule has 1 atom stereocenters. The molecule has 1 unspecified atom stereocenters. The molecule has 5 heteroatoms. The van der Waals surface area contributed by atoms with Gasteiger partial charge in [-0.25, -0.2) is 0 Å². The van der Waals surface area contributed by atoms with Gasteiger partial charge in [0.1, 0.15) is 6.23 Å². The molecule has 0 aliphatic carbocycles. The van der Waals surface area contributed by atoms with Crippen LogP contribution in [0.5, 0.6) is 0 Å². The molecule has 0 radical (unpaired) electrons. The van der Waals surface area contributed by atoms with Gasteiger partial charge in [-0.1, -0.05) is 6.58 Å². The molecule has 1 saturated heterocycles. The van der Waals surface area contributed by atoms with E-state index in [0.717, 1.165) is 6.41 Å². The number of hydrogen-bond acceptors (Lipinski definition) is 3. The van der Waals surface area contributed by atoms with E-state index in [-0.39, 0.29) is 5.91 Å². The van der Waals surface area contributed by atoms with Crippen LogP contribution < -0.4 is 5.32 Å². The first kappa shape index (κ1) is 9.73. The molecule has 1 aliphatic rings. The van der Waals surface area contributed by atoms with Crippen LogP contribution in [0.4, 0.5) is 0 Å². The van der Waals surface area contributed by atoms with Gasteiger partial charge in [-0.05, 0) is 6.08 Å². The molecule has 1 aliphatic heterocycles. The SMILES string of the molecule is C=CC(=O)NC1CN(C=O)CCO1. The highest BCUT2D eigenvalue weighted by atomic mass is 16.5. The maximum atomic E-state index is 10.9. The second kappa shape index (κ2) is 4.61. The van der Waals surface area contributed by atoms with Crippen molar-refractivity contribution >= 4 is 12.3 Å². The fourth-order valence-electron chi connectivity index (χ4n) is 1.07. The lowest BCUT2D eigenvalue weighted by Gasteiger charge is -2.30. The molecule has 72 valence electrons. The number of hydrogen-bond donors (Lipinski definition) is 1. The number of carbonyl (C=O) groups is 2. The summed E-state index contributed by atoms with van der Waals surface area (Å²) in [5.74, 6) is -0.294. The van der Waals surface area contributed by atoms with Gasteiger partial charge in [-0.2, -0.15) is 0 Å². The quantitative estimate of drug-likeness (QED) is 0.457. The Morgan fingerprint density at radius 2 is 2.46 bits per heavy atom. The second-order valence-corrected chi connectivity index (χ2v) is 2.67. The Bertz CT molecular complexity index is 217. The third-order valence-corrected chi connectivity index (χ3v) is 1.74. The van der Waals surface area contributed by atoms with Crippen LogP contribution in [0, 0.1) is 0 Å². The van der Waals surface area contributed by atoms with Gasteiger partial charge in [0.05, 0.1) is 13.2 Å². The van der Waals surface area contributed by atoms with Crippen molar-refractivity contribution in [2.75, 3.05) is 19.7 Å². The number of rotatable bonds is 3. The van der Waals surface area contributed by atoms with Gasteiger partial charge in [0.2, 0.25) is 12.3 Å². The van der Waals surface area contributed by atoms with Crippen LogP contribution in [-0.2, 0) is 14.3 Å². The minimum atomic E-state index is -0.413. The molecule has 13 heavy (non-hydrogen) atoms.